The molecule has 4 rings (SSSR count). The Labute approximate surface area is 149 Å². The van der Waals surface area contributed by atoms with Gasteiger partial charge in [-0.05, 0) is 30.3 Å². The predicted octanol–water partition coefficient (Wildman–Crippen LogP) is 2.91. The van der Waals surface area contributed by atoms with E-state index in [1.165, 1.54) is 23.0 Å². The zero-order valence-corrected chi connectivity index (χ0v) is 13.6. The van der Waals surface area contributed by atoms with E-state index in [0.29, 0.717) is 36.6 Å². The summed E-state index contributed by atoms with van der Waals surface area (Å²) in [6.07, 6.45) is -3.31. The highest BCUT2D eigenvalue weighted by molar-refractivity contribution is 5.94. The summed E-state index contributed by atoms with van der Waals surface area (Å²) < 4.78 is 54.3. The number of amides is 1. The molecule has 0 spiro atoms. The number of carbonyl (C=O) groups excluding carboxylic acids is 1. The third-order valence-corrected chi connectivity index (χ3v) is 4.07. The maximum absolute atomic E-state index is 14.1. The molecule has 0 bridgehead atoms. The predicted molar refractivity (Wildman–Crippen MR) is 86.0 cm³/mol. The number of halogens is 4. The highest BCUT2D eigenvalue weighted by Crippen LogP contribution is 2.33. The standard InChI is InChI=1S/C17H11F4N5O/c18-11-2-1-9(17(19,20)21)7-10(11)15-22-4-3-12(24-15)13-8-14-16(27)23-5-6-26(14)25-13/h1-4,7-8H,5-6H2,(H,23,27). The van der Waals surface area contributed by atoms with E-state index in [2.05, 4.69) is 20.4 Å². The Morgan fingerprint density at radius 3 is 2.67 bits per heavy atom. The Bertz CT molecular complexity index is 1040. The molecule has 0 saturated heterocycles. The fraction of sp³-hybridized carbons (Fsp3) is 0.176. The maximum Gasteiger partial charge on any atom is 0.416 e. The molecule has 10 heteroatoms. The van der Waals surface area contributed by atoms with Crippen molar-refractivity contribution in [3.05, 3.63) is 53.6 Å². The van der Waals surface area contributed by atoms with Gasteiger partial charge in [-0.2, -0.15) is 18.3 Å². The SMILES string of the molecule is O=C1NCCn2nc(-c3ccnc(-c4cc(C(F)(F)F)ccc4F)n3)cc21. The van der Waals surface area contributed by atoms with E-state index in [1.807, 2.05) is 0 Å². The number of rotatable bonds is 2. The van der Waals surface area contributed by atoms with Crippen molar-refractivity contribution in [1.82, 2.24) is 25.1 Å². The van der Waals surface area contributed by atoms with Crippen LogP contribution >= 0.6 is 0 Å². The van der Waals surface area contributed by atoms with E-state index >= 15 is 0 Å². The summed E-state index contributed by atoms with van der Waals surface area (Å²) in [5.74, 6) is -1.35. The van der Waals surface area contributed by atoms with Crippen LogP contribution in [-0.4, -0.2) is 32.2 Å². The zero-order valence-electron chi connectivity index (χ0n) is 13.6. The van der Waals surface area contributed by atoms with Gasteiger partial charge < -0.3 is 5.32 Å². The fourth-order valence-corrected chi connectivity index (χ4v) is 2.77. The lowest BCUT2D eigenvalue weighted by molar-refractivity contribution is -0.137. The molecule has 3 aromatic rings. The van der Waals surface area contributed by atoms with E-state index in [9.17, 15) is 22.4 Å². The summed E-state index contributed by atoms with van der Waals surface area (Å²) in [4.78, 5) is 19.9. The number of hydrogen-bond donors (Lipinski definition) is 1. The number of benzene rings is 1. The van der Waals surface area contributed by atoms with E-state index in [1.54, 1.807) is 0 Å². The van der Waals surface area contributed by atoms with Gasteiger partial charge in [0.25, 0.3) is 5.91 Å². The molecule has 138 valence electrons. The monoisotopic (exact) mass is 377 g/mol. The Balaban J connectivity index is 1.77. The number of fused-ring (bicyclic) bond motifs is 1. The quantitative estimate of drug-likeness (QED) is 0.697. The third-order valence-electron chi connectivity index (χ3n) is 4.07. The summed E-state index contributed by atoms with van der Waals surface area (Å²) in [7, 11) is 0. The number of nitrogens with zero attached hydrogens (tertiary/aromatic N) is 4. The molecule has 0 unspecified atom stereocenters. The summed E-state index contributed by atoms with van der Waals surface area (Å²) in [5.41, 5.74) is -0.401. The second-order valence-corrected chi connectivity index (χ2v) is 5.85. The molecule has 6 nitrogen and oxygen atoms in total. The van der Waals surface area contributed by atoms with Crippen molar-refractivity contribution in [3.8, 4) is 22.8 Å². The van der Waals surface area contributed by atoms with Gasteiger partial charge in [-0.1, -0.05) is 0 Å². The van der Waals surface area contributed by atoms with Crippen LogP contribution in [0.25, 0.3) is 22.8 Å². The first-order valence-corrected chi connectivity index (χ1v) is 7.89. The molecule has 1 aromatic carbocycles. The topological polar surface area (TPSA) is 72.7 Å². The molecule has 27 heavy (non-hydrogen) atoms. The Morgan fingerprint density at radius 2 is 1.93 bits per heavy atom. The molecular formula is C17H11F4N5O. The molecule has 1 aliphatic rings. The molecule has 0 atom stereocenters. The van der Waals surface area contributed by atoms with Gasteiger partial charge in [0, 0.05) is 12.7 Å². The minimum atomic E-state index is -4.61. The molecule has 0 fully saturated rings. The second kappa shape index (κ2) is 6.15. The van der Waals surface area contributed by atoms with Gasteiger partial charge in [0.1, 0.15) is 17.2 Å². The van der Waals surface area contributed by atoms with Crippen molar-refractivity contribution < 1.29 is 22.4 Å². The number of aromatic nitrogens is 4. The molecule has 1 N–H and O–H groups in total. The first-order valence-electron chi connectivity index (χ1n) is 7.89. The Morgan fingerprint density at radius 1 is 1.11 bits per heavy atom. The molecule has 3 heterocycles. The van der Waals surface area contributed by atoms with E-state index in [4.69, 9.17) is 0 Å². The first-order chi connectivity index (χ1) is 12.8. The van der Waals surface area contributed by atoms with Gasteiger partial charge in [-0.15, -0.1) is 0 Å². The average Bonchev–Trinajstić information content (AvgIpc) is 3.07. The van der Waals surface area contributed by atoms with E-state index in [-0.39, 0.29) is 23.0 Å². The van der Waals surface area contributed by atoms with Crippen LogP contribution in [0.2, 0.25) is 0 Å². The maximum atomic E-state index is 14.1. The fourth-order valence-electron chi connectivity index (χ4n) is 2.77. The van der Waals surface area contributed by atoms with Crippen LogP contribution in [0.4, 0.5) is 17.6 Å². The van der Waals surface area contributed by atoms with Gasteiger partial charge >= 0.3 is 6.18 Å². The van der Waals surface area contributed by atoms with Crippen molar-refractivity contribution in [3.63, 3.8) is 0 Å². The van der Waals surface area contributed by atoms with Crippen LogP contribution in [0.3, 0.4) is 0 Å². The summed E-state index contributed by atoms with van der Waals surface area (Å²) in [6.45, 7) is 0.929. The Kier molecular flexibility index (Phi) is 3.90. The lowest BCUT2D eigenvalue weighted by Crippen LogP contribution is -2.35. The van der Waals surface area contributed by atoms with Crippen LogP contribution < -0.4 is 5.32 Å². The molecular weight excluding hydrogens is 366 g/mol. The van der Waals surface area contributed by atoms with Crippen LogP contribution in [0.1, 0.15) is 16.1 Å². The van der Waals surface area contributed by atoms with Crippen LogP contribution in [-0.2, 0) is 12.7 Å². The smallest absolute Gasteiger partial charge is 0.349 e. The van der Waals surface area contributed by atoms with Gasteiger partial charge in [0.2, 0.25) is 0 Å². The number of alkyl halides is 3. The number of nitrogens with one attached hydrogen (secondary N) is 1. The van der Waals surface area contributed by atoms with E-state index < -0.39 is 17.6 Å². The van der Waals surface area contributed by atoms with Crippen molar-refractivity contribution in [2.24, 2.45) is 0 Å². The minimum Gasteiger partial charge on any atom is -0.349 e. The van der Waals surface area contributed by atoms with Crippen LogP contribution in [0.5, 0.6) is 0 Å². The third kappa shape index (κ3) is 3.14. The summed E-state index contributed by atoms with van der Waals surface area (Å²) in [6, 6.07) is 5.06. The minimum absolute atomic E-state index is 0.202. The van der Waals surface area contributed by atoms with E-state index in [0.717, 1.165) is 6.07 Å². The lowest BCUT2D eigenvalue weighted by Gasteiger charge is -2.13. The van der Waals surface area contributed by atoms with Gasteiger partial charge in [-0.3, -0.25) is 9.48 Å². The van der Waals surface area contributed by atoms with Crippen molar-refractivity contribution in [1.29, 1.82) is 0 Å². The second-order valence-electron chi connectivity index (χ2n) is 5.85. The van der Waals surface area contributed by atoms with Crippen LogP contribution in [0.15, 0.2) is 36.5 Å². The molecule has 1 aliphatic heterocycles. The molecule has 0 saturated carbocycles. The molecule has 2 aromatic heterocycles. The van der Waals surface area contributed by atoms with Crippen LogP contribution in [0, 0.1) is 5.82 Å². The molecule has 1 amide bonds. The number of carbonyl (C=O) groups is 1. The van der Waals surface area contributed by atoms with Gasteiger partial charge in [-0.25, -0.2) is 14.4 Å². The largest absolute Gasteiger partial charge is 0.416 e. The highest BCUT2D eigenvalue weighted by atomic mass is 19.4. The normalized spacial score (nSPS) is 14.0. The van der Waals surface area contributed by atoms with Crippen molar-refractivity contribution in [2.45, 2.75) is 12.7 Å². The van der Waals surface area contributed by atoms with Crippen molar-refractivity contribution in [2.75, 3.05) is 6.54 Å². The average molecular weight is 377 g/mol. The highest BCUT2D eigenvalue weighted by Gasteiger charge is 2.31. The zero-order chi connectivity index (χ0) is 19.2. The van der Waals surface area contributed by atoms with Crippen molar-refractivity contribution >= 4 is 5.91 Å². The van der Waals surface area contributed by atoms with Gasteiger partial charge in [0.15, 0.2) is 5.82 Å². The van der Waals surface area contributed by atoms with Gasteiger partial charge in [0.05, 0.1) is 23.4 Å². The molecule has 0 aliphatic carbocycles. The Hall–Kier alpha value is -3.30. The summed E-state index contributed by atoms with van der Waals surface area (Å²) in [5, 5.41) is 6.96. The number of hydrogen-bond acceptors (Lipinski definition) is 4. The lowest BCUT2D eigenvalue weighted by atomic mass is 10.1. The summed E-state index contributed by atoms with van der Waals surface area (Å²) >= 11 is 0. The first kappa shape index (κ1) is 17.1. The molecule has 0 radical (unpaired) electrons.